The molecule has 22 heavy (non-hydrogen) atoms. The van der Waals surface area contributed by atoms with Crippen LogP contribution >= 0.6 is 11.6 Å². The van der Waals surface area contributed by atoms with Crippen molar-refractivity contribution in [1.82, 2.24) is 0 Å². The number of ether oxygens (including phenoxy) is 1. The van der Waals surface area contributed by atoms with Gasteiger partial charge in [0.15, 0.2) is 0 Å². The number of amides is 1. The monoisotopic (exact) mass is 315 g/mol. The molecule has 0 aliphatic rings. The highest BCUT2D eigenvalue weighted by molar-refractivity contribution is 6.32. The molecule has 4 nitrogen and oxygen atoms in total. The number of benzene rings is 2. The summed E-state index contributed by atoms with van der Waals surface area (Å²) in [7, 11) is 1.31. The molecule has 2 aromatic rings. The van der Waals surface area contributed by atoms with Crippen molar-refractivity contribution in [2.24, 2.45) is 0 Å². The van der Waals surface area contributed by atoms with Crippen LogP contribution in [0, 0.1) is 0 Å². The van der Waals surface area contributed by atoms with Gasteiger partial charge in [-0.2, -0.15) is 0 Å². The van der Waals surface area contributed by atoms with Gasteiger partial charge in [0.05, 0.1) is 12.7 Å². The molecule has 2 rings (SSSR count). The van der Waals surface area contributed by atoms with E-state index in [2.05, 4.69) is 10.1 Å². The lowest BCUT2D eigenvalue weighted by atomic mass is 10.2. The van der Waals surface area contributed by atoms with Gasteiger partial charge in [-0.15, -0.1) is 0 Å². The fourth-order valence-electron chi connectivity index (χ4n) is 1.80. The second-order valence-corrected chi connectivity index (χ2v) is 4.82. The van der Waals surface area contributed by atoms with Gasteiger partial charge in [0.2, 0.25) is 5.91 Å². The van der Waals surface area contributed by atoms with Crippen LogP contribution in [0.5, 0.6) is 0 Å². The Hall–Kier alpha value is -2.59. The Morgan fingerprint density at radius 3 is 2.64 bits per heavy atom. The fourth-order valence-corrected chi connectivity index (χ4v) is 2.00. The lowest BCUT2D eigenvalue weighted by Crippen LogP contribution is -2.09. The summed E-state index contributed by atoms with van der Waals surface area (Å²) in [6, 6.07) is 13.7. The molecule has 0 aliphatic heterocycles. The minimum atomic E-state index is -0.456. The van der Waals surface area contributed by atoms with Crippen LogP contribution in [0.15, 0.2) is 54.6 Å². The molecule has 0 atom stereocenters. The van der Waals surface area contributed by atoms with E-state index >= 15 is 0 Å². The zero-order chi connectivity index (χ0) is 15.9. The van der Waals surface area contributed by atoms with Crippen LogP contribution in [0.25, 0.3) is 6.08 Å². The zero-order valence-electron chi connectivity index (χ0n) is 11.9. The van der Waals surface area contributed by atoms with E-state index in [9.17, 15) is 9.59 Å². The standard InChI is InChI=1S/C17H14ClNO3/c1-22-17(21)13-6-4-7-14(11-13)19-16(20)10-9-12-5-2-3-8-15(12)18/h2-11H,1H3,(H,19,20)/b10-9+. The van der Waals surface area contributed by atoms with Crippen molar-refractivity contribution in [3.05, 3.63) is 70.8 Å². The van der Waals surface area contributed by atoms with E-state index in [1.807, 2.05) is 18.2 Å². The predicted octanol–water partition coefficient (Wildman–Crippen LogP) is 3.78. The minimum absolute atomic E-state index is 0.318. The summed E-state index contributed by atoms with van der Waals surface area (Å²) in [6.45, 7) is 0. The van der Waals surface area contributed by atoms with Crippen molar-refractivity contribution in [3.8, 4) is 0 Å². The third-order valence-electron chi connectivity index (χ3n) is 2.87. The van der Waals surface area contributed by atoms with Gasteiger partial charge in [0.25, 0.3) is 0 Å². The number of halogens is 1. The molecule has 0 fully saturated rings. The average Bonchev–Trinajstić information content (AvgIpc) is 2.53. The normalized spacial score (nSPS) is 10.5. The molecular weight excluding hydrogens is 302 g/mol. The number of hydrogen-bond donors (Lipinski definition) is 1. The number of hydrogen-bond acceptors (Lipinski definition) is 3. The summed E-state index contributed by atoms with van der Waals surface area (Å²) in [5.74, 6) is -0.773. The molecule has 1 N–H and O–H groups in total. The average molecular weight is 316 g/mol. The number of nitrogens with one attached hydrogen (secondary N) is 1. The molecule has 0 heterocycles. The Morgan fingerprint density at radius 2 is 1.91 bits per heavy atom. The van der Waals surface area contributed by atoms with Crippen LogP contribution in [-0.2, 0) is 9.53 Å². The molecule has 112 valence electrons. The van der Waals surface area contributed by atoms with Crippen molar-refractivity contribution in [1.29, 1.82) is 0 Å². The largest absolute Gasteiger partial charge is 0.465 e. The van der Waals surface area contributed by atoms with E-state index in [1.54, 1.807) is 36.4 Å². The number of anilines is 1. The second kappa shape index (κ2) is 7.43. The Bertz CT molecular complexity index is 725. The van der Waals surface area contributed by atoms with E-state index in [4.69, 9.17) is 11.6 Å². The number of carbonyl (C=O) groups excluding carboxylic acids is 2. The van der Waals surface area contributed by atoms with Gasteiger partial charge in [-0.3, -0.25) is 4.79 Å². The van der Waals surface area contributed by atoms with Crippen molar-refractivity contribution in [3.63, 3.8) is 0 Å². The van der Waals surface area contributed by atoms with E-state index in [0.717, 1.165) is 5.56 Å². The third kappa shape index (κ3) is 4.20. The summed E-state index contributed by atoms with van der Waals surface area (Å²) >= 11 is 6.01. The molecule has 0 aliphatic carbocycles. The van der Waals surface area contributed by atoms with Gasteiger partial charge in [0.1, 0.15) is 0 Å². The van der Waals surface area contributed by atoms with Crippen LogP contribution < -0.4 is 5.32 Å². The number of esters is 1. The highest BCUT2D eigenvalue weighted by Crippen LogP contribution is 2.16. The Labute approximate surface area is 133 Å². The Morgan fingerprint density at radius 1 is 1.14 bits per heavy atom. The van der Waals surface area contributed by atoms with Gasteiger partial charge in [-0.25, -0.2) is 4.79 Å². The highest BCUT2D eigenvalue weighted by atomic mass is 35.5. The molecule has 0 aromatic heterocycles. The first kappa shape index (κ1) is 15.8. The van der Waals surface area contributed by atoms with Crippen LogP contribution in [0.2, 0.25) is 5.02 Å². The van der Waals surface area contributed by atoms with Crippen LogP contribution in [0.4, 0.5) is 5.69 Å². The number of rotatable bonds is 4. The van der Waals surface area contributed by atoms with Crippen LogP contribution in [0.1, 0.15) is 15.9 Å². The Balaban J connectivity index is 2.06. The summed E-state index contributed by atoms with van der Waals surface area (Å²) in [5.41, 5.74) is 1.63. The maximum absolute atomic E-state index is 11.9. The fraction of sp³-hybridized carbons (Fsp3) is 0.0588. The molecule has 0 saturated heterocycles. The topological polar surface area (TPSA) is 55.4 Å². The Kier molecular flexibility index (Phi) is 5.33. The molecule has 5 heteroatoms. The molecule has 0 spiro atoms. The van der Waals surface area contributed by atoms with Gasteiger partial charge in [0, 0.05) is 16.8 Å². The van der Waals surface area contributed by atoms with E-state index < -0.39 is 5.97 Å². The first-order valence-electron chi connectivity index (χ1n) is 6.52. The molecule has 1 amide bonds. The predicted molar refractivity (Wildman–Crippen MR) is 86.9 cm³/mol. The maximum Gasteiger partial charge on any atom is 0.337 e. The maximum atomic E-state index is 11.9. The smallest absolute Gasteiger partial charge is 0.337 e. The van der Waals surface area contributed by atoms with Crippen molar-refractivity contribution in [2.45, 2.75) is 0 Å². The summed E-state index contributed by atoms with van der Waals surface area (Å²) in [4.78, 5) is 23.3. The van der Waals surface area contributed by atoms with E-state index in [0.29, 0.717) is 16.3 Å². The lowest BCUT2D eigenvalue weighted by molar-refractivity contribution is -0.111. The SMILES string of the molecule is COC(=O)c1cccc(NC(=O)/C=C/c2ccccc2Cl)c1. The van der Waals surface area contributed by atoms with Crippen molar-refractivity contribution >= 4 is 35.2 Å². The van der Waals surface area contributed by atoms with Gasteiger partial charge in [-0.05, 0) is 35.9 Å². The highest BCUT2D eigenvalue weighted by Gasteiger charge is 2.06. The molecular formula is C17H14ClNO3. The third-order valence-corrected chi connectivity index (χ3v) is 3.21. The van der Waals surface area contributed by atoms with Gasteiger partial charge >= 0.3 is 5.97 Å². The second-order valence-electron chi connectivity index (χ2n) is 4.42. The summed E-state index contributed by atoms with van der Waals surface area (Å²) in [6.07, 6.45) is 3.01. The molecule has 0 radical (unpaired) electrons. The van der Waals surface area contributed by atoms with Crippen LogP contribution in [0.3, 0.4) is 0 Å². The number of methoxy groups -OCH3 is 1. The first-order chi connectivity index (χ1) is 10.6. The summed E-state index contributed by atoms with van der Waals surface area (Å²) < 4.78 is 4.63. The molecule has 0 saturated carbocycles. The lowest BCUT2D eigenvalue weighted by Gasteiger charge is -2.04. The molecule has 2 aromatic carbocycles. The van der Waals surface area contributed by atoms with Crippen molar-refractivity contribution in [2.75, 3.05) is 12.4 Å². The zero-order valence-corrected chi connectivity index (χ0v) is 12.6. The number of carbonyl (C=O) groups is 2. The first-order valence-corrected chi connectivity index (χ1v) is 6.90. The van der Waals surface area contributed by atoms with Crippen molar-refractivity contribution < 1.29 is 14.3 Å². The van der Waals surface area contributed by atoms with Crippen LogP contribution in [-0.4, -0.2) is 19.0 Å². The molecule has 0 unspecified atom stereocenters. The quantitative estimate of drug-likeness (QED) is 0.690. The minimum Gasteiger partial charge on any atom is -0.465 e. The van der Waals surface area contributed by atoms with E-state index in [-0.39, 0.29) is 5.91 Å². The molecule has 0 bridgehead atoms. The van der Waals surface area contributed by atoms with Gasteiger partial charge < -0.3 is 10.1 Å². The van der Waals surface area contributed by atoms with E-state index in [1.165, 1.54) is 13.2 Å². The van der Waals surface area contributed by atoms with Gasteiger partial charge in [-0.1, -0.05) is 35.9 Å². The summed E-state index contributed by atoms with van der Waals surface area (Å²) in [5, 5.41) is 3.24.